The van der Waals surface area contributed by atoms with Gasteiger partial charge in [-0.05, 0) is 12.2 Å². The van der Waals surface area contributed by atoms with Crippen LogP contribution in [-0.2, 0) is 9.59 Å². The van der Waals surface area contributed by atoms with E-state index < -0.39 is 10.8 Å². The van der Waals surface area contributed by atoms with Gasteiger partial charge in [0.05, 0.1) is 0 Å². The Morgan fingerprint density at radius 1 is 0.714 bits per heavy atom. The Balaban J connectivity index is 4.49. The predicted octanol–water partition coefficient (Wildman–Crippen LogP) is 2.77. The Labute approximate surface area is 86.4 Å². The summed E-state index contributed by atoms with van der Waals surface area (Å²) in [6, 6.07) is 0. The van der Waals surface area contributed by atoms with Crippen molar-refractivity contribution in [2.45, 2.75) is 41.5 Å². The summed E-state index contributed by atoms with van der Waals surface area (Å²) < 4.78 is 0. The first kappa shape index (κ1) is 13.1. The quantitative estimate of drug-likeness (QED) is 0.636. The SMILES string of the molecule is CC(C)(C)C(=O)/C=C/C(=O)C(C)(C)C. The summed E-state index contributed by atoms with van der Waals surface area (Å²) in [6.45, 7) is 11.0. The van der Waals surface area contributed by atoms with E-state index in [0.717, 1.165) is 0 Å². The van der Waals surface area contributed by atoms with Gasteiger partial charge in [0.15, 0.2) is 11.6 Å². The topological polar surface area (TPSA) is 34.1 Å². The number of hydrogen-bond donors (Lipinski definition) is 0. The van der Waals surface area contributed by atoms with Gasteiger partial charge in [-0.3, -0.25) is 9.59 Å². The lowest BCUT2D eigenvalue weighted by Crippen LogP contribution is -2.20. The van der Waals surface area contributed by atoms with Gasteiger partial charge in [-0.2, -0.15) is 0 Å². The molecule has 0 radical (unpaired) electrons. The second kappa shape index (κ2) is 4.07. The van der Waals surface area contributed by atoms with Crippen molar-refractivity contribution in [3.63, 3.8) is 0 Å². The van der Waals surface area contributed by atoms with Crippen LogP contribution in [0.5, 0.6) is 0 Å². The average molecular weight is 196 g/mol. The van der Waals surface area contributed by atoms with E-state index in [4.69, 9.17) is 0 Å². The molecule has 0 aliphatic heterocycles. The molecule has 0 saturated carbocycles. The zero-order chi connectivity index (χ0) is 11.6. The fourth-order valence-electron chi connectivity index (χ4n) is 0.651. The van der Waals surface area contributed by atoms with Crippen molar-refractivity contribution in [1.29, 1.82) is 0 Å². The van der Waals surface area contributed by atoms with Crippen molar-refractivity contribution in [3.05, 3.63) is 12.2 Å². The number of hydrogen-bond acceptors (Lipinski definition) is 2. The standard InChI is InChI=1S/C12H20O2/c1-11(2,3)9(13)7-8-10(14)12(4,5)6/h7-8H,1-6H3/b8-7+. The summed E-state index contributed by atoms with van der Waals surface area (Å²) in [4.78, 5) is 22.9. The van der Waals surface area contributed by atoms with Crippen molar-refractivity contribution in [2.75, 3.05) is 0 Å². The van der Waals surface area contributed by atoms with Crippen LogP contribution < -0.4 is 0 Å². The fourth-order valence-corrected chi connectivity index (χ4v) is 0.651. The third-order valence-corrected chi connectivity index (χ3v) is 1.86. The second-order valence-electron chi connectivity index (χ2n) is 5.56. The van der Waals surface area contributed by atoms with Crippen LogP contribution in [-0.4, -0.2) is 11.6 Å². The Morgan fingerprint density at radius 3 is 1.07 bits per heavy atom. The molecule has 0 spiro atoms. The molecule has 80 valence electrons. The third-order valence-electron chi connectivity index (χ3n) is 1.86. The first-order valence-corrected chi connectivity index (χ1v) is 4.82. The molecule has 0 amide bonds. The Bertz CT molecular complexity index is 231. The summed E-state index contributed by atoms with van der Waals surface area (Å²) in [5.41, 5.74) is -0.816. The second-order valence-corrected chi connectivity index (χ2v) is 5.56. The lowest BCUT2D eigenvalue weighted by atomic mass is 9.87. The highest BCUT2D eigenvalue weighted by Crippen LogP contribution is 2.18. The largest absolute Gasteiger partial charge is 0.294 e. The smallest absolute Gasteiger partial charge is 0.161 e. The highest BCUT2D eigenvalue weighted by molar-refractivity contribution is 6.02. The molecule has 0 atom stereocenters. The molecular weight excluding hydrogens is 176 g/mol. The molecule has 14 heavy (non-hydrogen) atoms. The minimum Gasteiger partial charge on any atom is -0.294 e. The monoisotopic (exact) mass is 196 g/mol. The highest BCUT2D eigenvalue weighted by atomic mass is 16.1. The van der Waals surface area contributed by atoms with E-state index in [2.05, 4.69) is 0 Å². The van der Waals surface area contributed by atoms with E-state index in [1.54, 1.807) is 0 Å². The van der Waals surface area contributed by atoms with Crippen LogP contribution in [0, 0.1) is 10.8 Å². The molecule has 0 fully saturated rings. The number of rotatable bonds is 2. The van der Waals surface area contributed by atoms with Crippen molar-refractivity contribution in [3.8, 4) is 0 Å². The van der Waals surface area contributed by atoms with Crippen molar-refractivity contribution in [2.24, 2.45) is 10.8 Å². The summed E-state index contributed by atoms with van der Waals surface area (Å²) in [6.07, 6.45) is 2.77. The van der Waals surface area contributed by atoms with Gasteiger partial charge in [0.2, 0.25) is 0 Å². The van der Waals surface area contributed by atoms with E-state index >= 15 is 0 Å². The highest BCUT2D eigenvalue weighted by Gasteiger charge is 2.21. The van der Waals surface area contributed by atoms with Gasteiger partial charge in [-0.25, -0.2) is 0 Å². The minimum atomic E-state index is -0.408. The van der Waals surface area contributed by atoms with Crippen LogP contribution in [0.3, 0.4) is 0 Å². The molecule has 0 saturated heterocycles. The van der Waals surface area contributed by atoms with Crippen LogP contribution in [0.2, 0.25) is 0 Å². The van der Waals surface area contributed by atoms with Crippen LogP contribution in [0.25, 0.3) is 0 Å². The molecule has 0 unspecified atom stereocenters. The van der Waals surface area contributed by atoms with Crippen molar-refractivity contribution >= 4 is 11.6 Å². The van der Waals surface area contributed by atoms with E-state index in [0.29, 0.717) is 0 Å². The van der Waals surface area contributed by atoms with E-state index in [9.17, 15) is 9.59 Å². The van der Waals surface area contributed by atoms with Crippen molar-refractivity contribution < 1.29 is 9.59 Å². The van der Waals surface area contributed by atoms with Gasteiger partial charge in [-0.15, -0.1) is 0 Å². The first-order chi connectivity index (χ1) is 6.05. The number of allylic oxidation sites excluding steroid dienone is 2. The third kappa shape index (κ3) is 4.35. The summed E-state index contributed by atoms with van der Waals surface area (Å²) in [5.74, 6) is -0.0369. The van der Waals surface area contributed by atoms with E-state index in [1.807, 2.05) is 41.5 Å². The summed E-state index contributed by atoms with van der Waals surface area (Å²) >= 11 is 0. The maximum absolute atomic E-state index is 11.5. The maximum atomic E-state index is 11.5. The number of carbonyl (C=O) groups excluding carboxylic acids is 2. The van der Waals surface area contributed by atoms with Crippen LogP contribution >= 0.6 is 0 Å². The summed E-state index contributed by atoms with van der Waals surface area (Å²) in [7, 11) is 0. The van der Waals surface area contributed by atoms with E-state index in [1.165, 1.54) is 12.2 Å². The summed E-state index contributed by atoms with van der Waals surface area (Å²) in [5, 5.41) is 0. The first-order valence-electron chi connectivity index (χ1n) is 4.82. The molecule has 2 heteroatoms. The van der Waals surface area contributed by atoms with Crippen LogP contribution in [0.4, 0.5) is 0 Å². The molecule has 0 aliphatic rings. The lowest BCUT2D eigenvalue weighted by Gasteiger charge is -2.15. The average Bonchev–Trinajstić information content (AvgIpc) is 1.95. The lowest BCUT2D eigenvalue weighted by molar-refractivity contribution is -0.123. The molecule has 0 aromatic carbocycles. The number of ketones is 2. The molecule has 0 heterocycles. The predicted molar refractivity (Wildman–Crippen MR) is 58.1 cm³/mol. The fraction of sp³-hybridized carbons (Fsp3) is 0.667. The molecule has 0 aliphatic carbocycles. The Hall–Kier alpha value is -0.920. The zero-order valence-corrected chi connectivity index (χ0v) is 9.97. The molecule has 2 nitrogen and oxygen atoms in total. The van der Waals surface area contributed by atoms with Gasteiger partial charge in [0.25, 0.3) is 0 Å². The Morgan fingerprint density at radius 2 is 0.929 bits per heavy atom. The van der Waals surface area contributed by atoms with Gasteiger partial charge in [-0.1, -0.05) is 41.5 Å². The molecule has 0 bridgehead atoms. The van der Waals surface area contributed by atoms with Crippen LogP contribution in [0.15, 0.2) is 12.2 Å². The van der Waals surface area contributed by atoms with E-state index in [-0.39, 0.29) is 11.6 Å². The number of carbonyl (C=O) groups is 2. The van der Waals surface area contributed by atoms with Gasteiger partial charge in [0.1, 0.15) is 0 Å². The Kier molecular flexibility index (Phi) is 3.81. The zero-order valence-electron chi connectivity index (χ0n) is 9.97. The van der Waals surface area contributed by atoms with Gasteiger partial charge in [0, 0.05) is 10.8 Å². The maximum Gasteiger partial charge on any atom is 0.161 e. The normalized spacial score (nSPS) is 13.3. The molecule has 0 aromatic heterocycles. The van der Waals surface area contributed by atoms with Crippen LogP contribution in [0.1, 0.15) is 41.5 Å². The van der Waals surface area contributed by atoms with Gasteiger partial charge < -0.3 is 0 Å². The minimum absolute atomic E-state index is 0.0184. The molecule has 0 N–H and O–H groups in total. The molecule has 0 aromatic rings. The molecule has 0 rings (SSSR count). The van der Waals surface area contributed by atoms with Crippen molar-refractivity contribution in [1.82, 2.24) is 0 Å². The molecular formula is C12H20O2. The van der Waals surface area contributed by atoms with Gasteiger partial charge >= 0.3 is 0 Å².